The van der Waals surface area contributed by atoms with Crippen LogP contribution in [0.1, 0.15) is 43.4 Å². The maximum absolute atomic E-state index is 12.5. The van der Waals surface area contributed by atoms with Crippen molar-refractivity contribution in [2.24, 2.45) is 17.8 Å². The summed E-state index contributed by atoms with van der Waals surface area (Å²) in [6, 6.07) is 4.12. The van der Waals surface area contributed by atoms with Crippen molar-refractivity contribution >= 4 is 33.2 Å². The zero-order chi connectivity index (χ0) is 13.2. The minimum atomic E-state index is 0.297. The molecule has 104 valence electrons. The van der Waals surface area contributed by atoms with Crippen LogP contribution in [-0.4, -0.2) is 5.91 Å². The molecule has 2 nitrogen and oxygen atoms in total. The number of thiophene rings is 1. The number of amides is 1. The average molecular weight is 342 g/mol. The second-order valence-corrected chi connectivity index (χ2v) is 8.38. The van der Waals surface area contributed by atoms with Crippen LogP contribution in [-0.2, 0) is 11.3 Å². The van der Waals surface area contributed by atoms with Crippen molar-refractivity contribution in [3.05, 3.63) is 20.8 Å². The second kappa shape index (κ2) is 5.96. The minimum absolute atomic E-state index is 0.297. The van der Waals surface area contributed by atoms with Gasteiger partial charge in [0.1, 0.15) is 0 Å². The third-order valence-electron chi connectivity index (χ3n) is 4.68. The van der Waals surface area contributed by atoms with Crippen molar-refractivity contribution < 1.29 is 4.79 Å². The van der Waals surface area contributed by atoms with Crippen LogP contribution in [0.15, 0.2) is 15.9 Å². The maximum atomic E-state index is 12.5. The van der Waals surface area contributed by atoms with E-state index in [1.54, 1.807) is 11.3 Å². The summed E-state index contributed by atoms with van der Waals surface area (Å²) in [6.07, 6.45) is 7.69. The largest absolute Gasteiger partial charge is 0.351 e. The number of halogens is 1. The Kier molecular flexibility index (Phi) is 4.27. The molecule has 1 aromatic heterocycles. The van der Waals surface area contributed by atoms with Gasteiger partial charge in [-0.1, -0.05) is 12.8 Å². The van der Waals surface area contributed by atoms with Gasteiger partial charge < -0.3 is 5.32 Å². The Bertz CT molecular complexity index is 437. The van der Waals surface area contributed by atoms with Gasteiger partial charge in [-0.2, -0.15) is 0 Å². The number of carbonyl (C=O) groups is 1. The molecule has 0 bridgehead atoms. The molecule has 0 unspecified atom stereocenters. The van der Waals surface area contributed by atoms with Crippen molar-refractivity contribution in [1.82, 2.24) is 5.32 Å². The van der Waals surface area contributed by atoms with Crippen LogP contribution >= 0.6 is 27.3 Å². The van der Waals surface area contributed by atoms with E-state index in [0.29, 0.717) is 30.2 Å². The van der Waals surface area contributed by atoms with E-state index in [-0.39, 0.29) is 0 Å². The Hall–Kier alpha value is -0.350. The van der Waals surface area contributed by atoms with E-state index in [4.69, 9.17) is 0 Å². The predicted octanol–water partition coefficient (Wildman–Crippen LogP) is 4.34. The first kappa shape index (κ1) is 13.6. The van der Waals surface area contributed by atoms with Crippen molar-refractivity contribution in [2.45, 2.75) is 45.1 Å². The van der Waals surface area contributed by atoms with Crippen LogP contribution in [0.4, 0.5) is 0 Å². The summed E-state index contributed by atoms with van der Waals surface area (Å²) < 4.78 is 1.13. The molecule has 0 saturated heterocycles. The molecular weight excluding hydrogens is 322 g/mol. The third-order valence-corrected chi connectivity index (χ3v) is 6.31. The summed E-state index contributed by atoms with van der Waals surface area (Å²) in [7, 11) is 0. The monoisotopic (exact) mass is 341 g/mol. The molecule has 0 spiro atoms. The Morgan fingerprint density at radius 1 is 1.26 bits per heavy atom. The van der Waals surface area contributed by atoms with Crippen LogP contribution in [0.5, 0.6) is 0 Å². The summed E-state index contributed by atoms with van der Waals surface area (Å²) in [6.45, 7) is 0.686. The highest BCUT2D eigenvalue weighted by atomic mass is 79.9. The van der Waals surface area contributed by atoms with E-state index in [9.17, 15) is 4.79 Å². The first-order valence-electron chi connectivity index (χ1n) is 7.26. The van der Waals surface area contributed by atoms with Gasteiger partial charge in [-0.3, -0.25) is 4.79 Å². The van der Waals surface area contributed by atoms with Crippen LogP contribution in [0.2, 0.25) is 0 Å². The molecule has 1 N–H and O–H groups in total. The highest BCUT2D eigenvalue weighted by Crippen LogP contribution is 2.44. The smallest absolute Gasteiger partial charge is 0.223 e. The predicted molar refractivity (Wildman–Crippen MR) is 82.0 cm³/mol. The topological polar surface area (TPSA) is 29.1 Å². The molecule has 4 heteroatoms. The molecule has 0 atom stereocenters. The maximum Gasteiger partial charge on any atom is 0.223 e. The van der Waals surface area contributed by atoms with Crippen LogP contribution in [0, 0.1) is 17.8 Å². The van der Waals surface area contributed by atoms with Gasteiger partial charge in [0.05, 0.1) is 10.3 Å². The van der Waals surface area contributed by atoms with Gasteiger partial charge in [0, 0.05) is 10.8 Å². The number of carbonyl (C=O) groups excluding carboxylic acids is 1. The Labute approximate surface area is 127 Å². The number of rotatable bonds is 5. The van der Waals surface area contributed by atoms with Crippen LogP contribution < -0.4 is 5.32 Å². The lowest BCUT2D eigenvalue weighted by atomic mass is 9.64. The molecule has 0 aromatic carbocycles. The standard InChI is InChI=1S/C15H20BrNOS/c16-13-8-7-12(19-13)9-17-15(18)14(10-3-1-4-10)11-5-2-6-11/h7-8,10-11,14H,1-6,9H2,(H,17,18). The first-order valence-corrected chi connectivity index (χ1v) is 8.87. The molecule has 2 aliphatic carbocycles. The minimum Gasteiger partial charge on any atom is -0.351 e. The lowest BCUT2D eigenvalue weighted by molar-refractivity contribution is -0.131. The summed E-state index contributed by atoms with van der Waals surface area (Å²) in [5.74, 6) is 1.94. The van der Waals surface area contributed by atoms with Crippen molar-refractivity contribution in [2.75, 3.05) is 0 Å². The van der Waals surface area contributed by atoms with Crippen molar-refractivity contribution in [3.63, 3.8) is 0 Å². The molecule has 1 heterocycles. The highest BCUT2D eigenvalue weighted by molar-refractivity contribution is 9.11. The summed E-state index contributed by atoms with van der Waals surface area (Å²) in [4.78, 5) is 13.7. The number of hydrogen-bond acceptors (Lipinski definition) is 2. The number of nitrogens with one attached hydrogen (secondary N) is 1. The van der Waals surface area contributed by atoms with Crippen molar-refractivity contribution in [3.8, 4) is 0 Å². The number of hydrogen-bond donors (Lipinski definition) is 1. The quantitative estimate of drug-likeness (QED) is 0.847. The summed E-state index contributed by atoms with van der Waals surface area (Å²) in [5, 5.41) is 3.16. The van der Waals surface area contributed by atoms with Crippen LogP contribution in [0.3, 0.4) is 0 Å². The van der Waals surface area contributed by atoms with Gasteiger partial charge in [-0.25, -0.2) is 0 Å². The fourth-order valence-corrected chi connectivity index (χ4v) is 4.57. The van der Waals surface area contributed by atoms with Gasteiger partial charge in [0.2, 0.25) is 5.91 Å². The summed E-state index contributed by atoms with van der Waals surface area (Å²) >= 11 is 5.16. The Morgan fingerprint density at radius 2 is 1.89 bits per heavy atom. The molecule has 2 saturated carbocycles. The van der Waals surface area contributed by atoms with Gasteiger partial charge in [-0.15, -0.1) is 11.3 Å². The fourth-order valence-electron chi connectivity index (χ4n) is 3.15. The molecule has 1 amide bonds. The molecule has 1 aromatic rings. The van der Waals surface area contributed by atoms with Gasteiger partial charge >= 0.3 is 0 Å². The zero-order valence-electron chi connectivity index (χ0n) is 11.0. The molecule has 0 radical (unpaired) electrons. The van der Waals surface area contributed by atoms with E-state index in [2.05, 4.69) is 27.3 Å². The molecule has 0 aliphatic heterocycles. The van der Waals surface area contributed by atoms with Gasteiger partial charge in [0.15, 0.2) is 0 Å². The normalized spacial score (nSPS) is 20.1. The lowest BCUT2D eigenvalue weighted by Crippen LogP contribution is -2.43. The molecule has 2 fully saturated rings. The third kappa shape index (κ3) is 3.05. The summed E-state index contributed by atoms with van der Waals surface area (Å²) in [5.41, 5.74) is 0. The lowest BCUT2D eigenvalue weighted by Gasteiger charge is -2.41. The Morgan fingerprint density at radius 3 is 2.32 bits per heavy atom. The Balaban J connectivity index is 1.57. The van der Waals surface area contributed by atoms with Crippen molar-refractivity contribution in [1.29, 1.82) is 0 Å². The zero-order valence-corrected chi connectivity index (χ0v) is 13.4. The molecule has 3 rings (SSSR count). The van der Waals surface area contributed by atoms with Gasteiger partial charge in [-0.05, 0) is 65.6 Å². The second-order valence-electron chi connectivity index (χ2n) is 5.83. The highest BCUT2D eigenvalue weighted by Gasteiger charge is 2.40. The van der Waals surface area contributed by atoms with E-state index >= 15 is 0 Å². The molecular formula is C15H20BrNOS. The van der Waals surface area contributed by atoms with Gasteiger partial charge in [0.25, 0.3) is 0 Å². The molecule has 2 aliphatic rings. The first-order chi connectivity index (χ1) is 9.24. The molecule has 19 heavy (non-hydrogen) atoms. The van der Waals surface area contributed by atoms with Crippen LogP contribution in [0.25, 0.3) is 0 Å². The SMILES string of the molecule is O=C(NCc1ccc(Br)s1)C(C1CCC1)C1CCC1. The van der Waals surface area contributed by atoms with E-state index in [0.717, 1.165) is 3.79 Å². The van der Waals surface area contributed by atoms with E-state index in [1.807, 2.05) is 6.07 Å². The fraction of sp³-hybridized carbons (Fsp3) is 0.667. The average Bonchev–Trinajstić information content (AvgIpc) is 2.66. The van der Waals surface area contributed by atoms with E-state index in [1.165, 1.54) is 43.4 Å². The van der Waals surface area contributed by atoms with E-state index < -0.39 is 0 Å².